The van der Waals surface area contributed by atoms with E-state index in [0.717, 1.165) is 0 Å². The van der Waals surface area contributed by atoms with E-state index in [1.54, 1.807) is 19.1 Å². The van der Waals surface area contributed by atoms with Crippen LogP contribution in [0.25, 0.3) is 0 Å². The van der Waals surface area contributed by atoms with Crippen LogP contribution in [0.5, 0.6) is 0 Å². The van der Waals surface area contributed by atoms with E-state index in [0.29, 0.717) is 11.5 Å². The normalized spacial score (nSPS) is 11.8. The minimum absolute atomic E-state index is 0.248. The molecule has 5 heteroatoms. The Morgan fingerprint density at radius 3 is 2.55 bits per heavy atom. The van der Waals surface area contributed by atoms with Gasteiger partial charge in [0.25, 0.3) is 0 Å². The molecule has 0 radical (unpaired) electrons. The summed E-state index contributed by atoms with van der Waals surface area (Å²) in [5, 5.41) is 0. The van der Waals surface area contributed by atoms with Crippen LogP contribution < -0.4 is 0 Å². The minimum atomic E-state index is -3.49. The van der Waals surface area contributed by atoms with Crippen molar-refractivity contribution < 1.29 is 12.8 Å². The second kappa shape index (κ2) is 2.87. The van der Waals surface area contributed by atoms with Gasteiger partial charge >= 0.3 is 0 Å². The SMILES string of the molecule is Cc1ccc(CS(=O)(=O)Cl)o1. The van der Waals surface area contributed by atoms with Gasteiger partial charge in [0.2, 0.25) is 9.05 Å². The van der Waals surface area contributed by atoms with E-state index in [9.17, 15) is 8.42 Å². The van der Waals surface area contributed by atoms with E-state index >= 15 is 0 Å². The van der Waals surface area contributed by atoms with E-state index in [-0.39, 0.29) is 5.75 Å². The molecule has 1 heterocycles. The molecule has 0 amide bonds. The van der Waals surface area contributed by atoms with Gasteiger partial charge in [0, 0.05) is 10.7 Å². The Morgan fingerprint density at radius 2 is 2.18 bits per heavy atom. The lowest BCUT2D eigenvalue weighted by atomic mass is 10.5. The first-order valence-corrected chi connectivity index (χ1v) is 5.43. The zero-order valence-corrected chi connectivity index (χ0v) is 7.45. The highest BCUT2D eigenvalue weighted by Gasteiger charge is 2.09. The molecule has 1 aromatic heterocycles. The molecule has 0 unspecified atom stereocenters. The lowest BCUT2D eigenvalue weighted by Gasteiger charge is -1.89. The molecule has 0 aliphatic heterocycles. The van der Waals surface area contributed by atoms with Crippen molar-refractivity contribution >= 4 is 19.7 Å². The average Bonchev–Trinajstić information content (AvgIpc) is 2.10. The topological polar surface area (TPSA) is 47.3 Å². The smallest absolute Gasteiger partial charge is 0.239 e. The third-order valence-electron chi connectivity index (χ3n) is 1.11. The van der Waals surface area contributed by atoms with Gasteiger partial charge in [-0.15, -0.1) is 0 Å². The molecular weight excluding hydrogens is 188 g/mol. The summed E-state index contributed by atoms with van der Waals surface area (Å²) >= 11 is 0. The molecule has 0 aliphatic carbocycles. The van der Waals surface area contributed by atoms with Crippen molar-refractivity contribution in [1.29, 1.82) is 0 Å². The fourth-order valence-corrected chi connectivity index (χ4v) is 1.55. The van der Waals surface area contributed by atoms with Gasteiger partial charge in [0.1, 0.15) is 17.3 Å². The van der Waals surface area contributed by atoms with Crippen molar-refractivity contribution in [1.82, 2.24) is 0 Å². The molecule has 0 spiro atoms. The van der Waals surface area contributed by atoms with Crippen LogP contribution in [0, 0.1) is 6.92 Å². The van der Waals surface area contributed by atoms with Gasteiger partial charge < -0.3 is 4.42 Å². The molecule has 1 rings (SSSR count). The Bertz CT molecular complexity index is 338. The van der Waals surface area contributed by atoms with Crippen molar-refractivity contribution in [2.45, 2.75) is 12.7 Å². The van der Waals surface area contributed by atoms with Crippen molar-refractivity contribution in [2.24, 2.45) is 0 Å². The van der Waals surface area contributed by atoms with Crippen molar-refractivity contribution in [3.63, 3.8) is 0 Å². The fourth-order valence-electron chi connectivity index (χ4n) is 0.733. The van der Waals surface area contributed by atoms with Gasteiger partial charge in [-0.05, 0) is 19.1 Å². The Hall–Kier alpha value is -0.480. The van der Waals surface area contributed by atoms with Gasteiger partial charge in [-0.3, -0.25) is 0 Å². The maximum atomic E-state index is 10.5. The van der Waals surface area contributed by atoms with Crippen LogP contribution in [-0.4, -0.2) is 8.42 Å². The predicted octanol–water partition coefficient (Wildman–Crippen LogP) is 1.66. The summed E-state index contributed by atoms with van der Waals surface area (Å²) in [6.07, 6.45) is 0. The zero-order chi connectivity index (χ0) is 8.48. The summed E-state index contributed by atoms with van der Waals surface area (Å²) in [5.74, 6) is 0.806. The number of hydrogen-bond acceptors (Lipinski definition) is 3. The first kappa shape index (κ1) is 8.62. The Morgan fingerprint density at radius 1 is 1.55 bits per heavy atom. The average molecular weight is 195 g/mol. The van der Waals surface area contributed by atoms with E-state index < -0.39 is 9.05 Å². The summed E-state index contributed by atoms with van der Waals surface area (Å²) in [7, 11) is 1.50. The second-order valence-electron chi connectivity index (χ2n) is 2.20. The van der Waals surface area contributed by atoms with Crippen molar-refractivity contribution in [3.05, 3.63) is 23.7 Å². The molecule has 1 aromatic rings. The predicted molar refractivity (Wildman–Crippen MR) is 41.9 cm³/mol. The van der Waals surface area contributed by atoms with Crippen molar-refractivity contribution in [2.75, 3.05) is 0 Å². The molecule has 0 aromatic carbocycles. The molecule has 0 saturated heterocycles. The number of hydrogen-bond donors (Lipinski definition) is 0. The molecule has 0 bridgehead atoms. The molecule has 11 heavy (non-hydrogen) atoms. The Labute approximate surface area is 69.4 Å². The second-order valence-corrected chi connectivity index (χ2v) is 4.97. The molecule has 0 atom stereocenters. The highest BCUT2D eigenvalue weighted by molar-refractivity contribution is 8.13. The number of aryl methyl sites for hydroxylation is 1. The number of halogens is 1. The van der Waals surface area contributed by atoms with Crippen LogP contribution in [0.1, 0.15) is 11.5 Å². The van der Waals surface area contributed by atoms with E-state index in [1.165, 1.54) is 0 Å². The van der Waals surface area contributed by atoms with Crippen LogP contribution in [-0.2, 0) is 14.8 Å². The third kappa shape index (κ3) is 2.95. The Kier molecular flexibility index (Phi) is 2.25. The van der Waals surface area contributed by atoms with Crippen LogP contribution in [0.2, 0.25) is 0 Å². The summed E-state index contributed by atoms with van der Waals surface area (Å²) < 4.78 is 26.0. The van der Waals surface area contributed by atoms with Crippen LogP contribution in [0.4, 0.5) is 0 Å². The molecule has 0 N–H and O–H groups in total. The lowest BCUT2D eigenvalue weighted by molar-refractivity contribution is 0.496. The minimum Gasteiger partial charge on any atom is -0.465 e. The largest absolute Gasteiger partial charge is 0.465 e. The van der Waals surface area contributed by atoms with E-state index in [2.05, 4.69) is 0 Å². The van der Waals surface area contributed by atoms with Gasteiger partial charge in [-0.1, -0.05) is 0 Å². The maximum Gasteiger partial charge on any atom is 0.239 e. The van der Waals surface area contributed by atoms with Gasteiger partial charge in [-0.25, -0.2) is 8.42 Å². The molecule has 0 fully saturated rings. The van der Waals surface area contributed by atoms with Crippen LogP contribution in [0.15, 0.2) is 16.5 Å². The Balaban J connectivity index is 2.81. The first-order valence-electron chi connectivity index (χ1n) is 2.95. The molecule has 0 aliphatic rings. The summed E-state index contributed by atoms with van der Waals surface area (Å²) in [6, 6.07) is 3.28. The van der Waals surface area contributed by atoms with E-state index in [4.69, 9.17) is 15.1 Å². The van der Waals surface area contributed by atoms with E-state index in [1.807, 2.05) is 0 Å². The summed E-state index contributed by atoms with van der Waals surface area (Å²) in [5.41, 5.74) is 0. The number of furan rings is 1. The van der Waals surface area contributed by atoms with Crippen molar-refractivity contribution in [3.8, 4) is 0 Å². The monoisotopic (exact) mass is 194 g/mol. The standard InChI is InChI=1S/C6H7ClO3S/c1-5-2-3-6(10-5)4-11(7,8)9/h2-3H,4H2,1H3. The maximum absolute atomic E-state index is 10.5. The molecule has 0 saturated carbocycles. The highest BCUT2D eigenvalue weighted by Crippen LogP contribution is 2.12. The molecular formula is C6H7ClO3S. The molecule has 3 nitrogen and oxygen atoms in total. The van der Waals surface area contributed by atoms with Gasteiger partial charge in [-0.2, -0.15) is 0 Å². The highest BCUT2D eigenvalue weighted by atomic mass is 35.7. The van der Waals surface area contributed by atoms with Crippen LogP contribution >= 0.6 is 10.7 Å². The summed E-state index contributed by atoms with van der Waals surface area (Å²) in [4.78, 5) is 0. The van der Waals surface area contributed by atoms with Crippen LogP contribution in [0.3, 0.4) is 0 Å². The fraction of sp³-hybridized carbons (Fsp3) is 0.333. The number of rotatable bonds is 2. The van der Waals surface area contributed by atoms with Gasteiger partial charge in [0.05, 0.1) is 0 Å². The lowest BCUT2D eigenvalue weighted by Crippen LogP contribution is -1.92. The van der Waals surface area contributed by atoms with Gasteiger partial charge in [0.15, 0.2) is 0 Å². The zero-order valence-electron chi connectivity index (χ0n) is 5.87. The first-order chi connectivity index (χ1) is 4.97. The quantitative estimate of drug-likeness (QED) is 0.673. The third-order valence-corrected chi connectivity index (χ3v) is 2.07. The summed E-state index contributed by atoms with van der Waals surface area (Å²) in [6.45, 7) is 1.74. The molecule has 62 valence electrons.